The van der Waals surface area contributed by atoms with Crippen LogP contribution < -0.4 is 0 Å². The summed E-state index contributed by atoms with van der Waals surface area (Å²) in [6.45, 7) is 0.907. The number of hydrogen-bond acceptors (Lipinski definition) is 4. The first-order valence-electron chi connectivity index (χ1n) is 7.56. The zero-order chi connectivity index (χ0) is 13.9. The number of allylic oxidation sites excluding steroid dienone is 2. The predicted octanol–water partition coefficient (Wildman–Crippen LogP) is 2.67. The van der Waals surface area contributed by atoms with Crippen LogP contribution in [0.5, 0.6) is 0 Å². The molecule has 0 radical (unpaired) electrons. The Kier molecular flexibility index (Phi) is 3.94. The van der Waals surface area contributed by atoms with Gasteiger partial charge in [0.15, 0.2) is 0 Å². The van der Waals surface area contributed by atoms with Gasteiger partial charge in [-0.15, -0.1) is 0 Å². The summed E-state index contributed by atoms with van der Waals surface area (Å²) in [6.07, 6.45) is 9.59. The molecule has 1 aliphatic heterocycles. The maximum Gasteiger partial charge on any atom is 0.533 e. The molecule has 1 amide bonds. The van der Waals surface area contributed by atoms with Gasteiger partial charge in [0, 0.05) is 6.42 Å². The molecule has 3 aliphatic rings. The molecule has 0 spiro atoms. The summed E-state index contributed by atoms with van der Waals surface area (Å²) < 4.78 is 5.17. The van der Waals surface area contributed by atoms with Crippen molar-refractivity contribution in [2.45, 2.75) is 38.5 Å². The van der Waals surface area contributed by atoms with Gasteiger partial charge in [-0.2, -0.15) is 5.06 Å². The Balaban J connectivity index is 1.39. The highest BCUT2D eigenvalue weighted by molar-refractivity contribution is 5.78. The van der Waals surface area contributed by atoms with Crippen molar-refractivity contribution in [3.05, 3.63) is 12.2 Å². The first kappa shape index (κ1) is 13.5. The third kappa shape index (κ3) is 2.97. The van der Waals surface area contributed by atoms with Crippen LogP contribution in [-0.4, -0.2) is 30.3 Å². The van der Waals surface area contributed by atoms with Crippen LogP contribution in [0, 0.1) is 17.8 Å². The molecular weight excluding hydrogens is 258 g/mol. The summed E-state index contributed by atoms with van der Waals surface area (Å²) in [5, 5.41) is 1.11. The minimum atomic E-state index is -0.738. The van der Waals surface area contributed by atoms with E-state index in [0.717, 1.165) is 24.3 Å². The van der Waals surface area contributed by atoms with Crippen molar-refractivity contribution in [1.82, 2.24) is 5.06 Å². The van der Waals surface area contributed by atoms with Gasteiger partial charge in [0.1, 0.15) is 0 Å². The lowest BCUT2D eigenvalue weighted by Gasteiger charge is -2.13. The molecule has 0 aromatic heterocycles. The molecule has 110 valence electrons. The molecule has 0 bridgehead atoms. The first-order chi connectivity index (χ1) is 9.75. The average Bonchev–Trinajstić information content (AvgIpc) is 2.87. The van der Waals surface area contributed by atoms with Crippen molar-refractivity contribution in [2.75, 3.05) is 13.2 Å². The standard InChI is InChI=1S/C15H21NO4/c17-14-8-5-9-16(14)20-15(18)19-10-13-11-6-3-1-2-4-7-12(11)13/h1-2,11-13H,3-10H2/b2-1-/t11-,12+,13-. The van der Waals surface area contributed by atoms with Gasteiger partial charge >= 0.3 is 6.16 Å². The molecule has 5 nitrogen and oxygen atoms in total. The molecule has 3 atom stereocenters. The maximum atomic E-state index is 11.6. The number of carbonyl (C=O) groups excluding carboxylic acids is 2. The Hall–Kier alpha value is -1.52. The fourth-order valence-corrected chi connectivity index (χ4v) is 3.44. The maximum absolute atomic E-state index is 11.6. The largest absolute Gasteiger partial charge is 0.533 e. The lowest BCUT2D eigenvalue weighted by atomic mass is 10.1. The predicted molar refractivity (Wildman–Crippen MR) is 71.5 cm³/mol. The summed E-state index contributed by atoms with van der Waals surface area (Å²) in [5.41, 5.74) is 0. The molecule has 3 rings (SSSR count). The third-order valence-electron chi connectivity index (χ3n) is 4.62. The Morgan fingerprint density at radius 2 is 1.95 bits per heavy atom. The van der Waals surface area contributed by atoms with E-state index >= 15 is 0 Å². The highest BCUT2D eigenvalue weighted by Crippen LogP contribution is 2.52. The smallest absolute Gasteiger partial charge is 0.432 e. The topological polar surface area (TPSA) is 55.8 Å². The third-order valence-corrected chi connectivity index (χ3v) is 4.62. The van der Waals surface area contributed by atoms with Crippen molar-refractivity contribution in [2.24, 2.45) is 17.8 Å². The van der Waals surface area contributed by atoms with E-state index in [0.29, 0.717) is 37.3 Å². The minimum absolute atomic E-state index is 0.138. The lowest BCUT2D eigenvalue weighted by molar-refractivity contribution is -0.164. The van der Waals surface area contributed by atoms with Crippen LogP contribution in [0.1, 0.15) is 38.5 Å². The van der Waals surface area contributed by atoms with Crippen molar-refractivity contribution in [3.63, 3.8) is 0 Å². The second-order valence-corrected chi connectivity index (χ2v) is 5.87. The van der Waals surface area contributed by atoms with E-state index in [1.165, 1.54) is 12.8 Å². The number of rotatable bonds is 3. The zero-order valence-corrected chi connectivity index (χ0v) is 11.6. The minimum Gasteiger partial charge on any atom is -0.432 e. The SMILES string of the molecule is O=C(OC[C@@H]1[C@@H]2CC/C=C\CC[C@@H]21)ON1CCCC1=O. The second kappa shape index (κ2) is 5.85. The number of fused-ring (bicyclic) bond motifs is 1. The summed E-state index contributed by atoms with van der Waals surface area (Å²) in [7, 11) is 0. The molecule has 2 aliphatic carbocycles. The molecule has 0 aromatic carbocycles. The van der Waals surface area contributed by atoms with Crippen LogP contribution in [0.2, 0.25) is 0 Å². The van der Waals surface area contributed by atoms with Gasteiger partial charge in [-0.3, -0.25) is 4.79 Å². The van der Waals surface area contributed by atoms with Crippen LogP contribution in [0.25, 0.3) is 0 Å². The van der Waals surface area contributed by atoms with E-state index in [2.05, 4.69) is 12.2 Å². The van der Waals surface area contributed by atoms with Crippen molar-refractivity contribution in [3.8, 4) is 0 Å². The van der Waals surface area contributed by atoms with Crippen molar-refractivity contribution >= 4 is 12.1 Å². The van der Waals surface area contributed by atoms with Crippen LogP contribution >= 0.6 is 0 Å². The van der Waals surface area contributed by atoms with Gasteiger partial charge in [0.25, 0.3) is 5.91 Å². The van der Waals surface area contributed by atoms with Crippen LogP contribution in [0.15, 0.2) is 12.2 Å². The summed E-state index contributed by atoms with van der Waals surface area (Å²) in [6, 6.07) is 0. The Morgan fingerprint density at radius 1 is 1.25 bits per heavy atom. The highest BCUT2D eigenvalue weighted by Gasteiger charge is 2.49. The zero-order valence-electron chi connectivity index (χ0n) is 11.6. The van der Waals surface area contributed by atoms with Crippen molar-refractivity contribution in [1.29, 1.82) is 0 Å². The number of carbonyl (C=O) groups is 2. The molecule has 0 N–H and O–H groups in total. The monoisotopic (exact) mass is 279 g/mol. The van der Waals surface area contributed by atoms with E-state index in [1.54, 1.807) is 0 Å². The molecule has 2 fully saturated rings. The Morgan fingerprint density at radius 3 is 2.55 bits per heavy atom. The number of nitrogens with zero attached hydrogens (tertiary/aromatic N) is 1. The molecule has 20 heavy (non-hydrogen) atoms. The van der Waals surface area contributed by atoms with E-state index in [9.17, 15) is 9.59 Å². The number of hydroxylamine groups is 2. The number of amides is 1. The molecule has 0 aromatic rings. The van der Waals surface area contributed by atoms with Crippen LogP contribution in [-0.2, 0) is 14.4 Å². The van der Waals surface area contributed by atoms with Crippen molar-refractivity contribution < 1.29 is 19.2 Å². The molecular formula is C15H21NO4. The normalized spacial score (nSPS) is 33.9. The first-order valence-corrected chi connectivity index (χ1v) is 7.56. The van der Waals surface area contributed by atoms with Gasteiger partial charge in [0.05, 0.1) is 13.2 Å². The van der Waals surface area contributed by atoms with Gasteiger partial charge < -0.3 is 9.57 Å². The molecule has 5 heteroatoms. The van der Waals surface area contributed by atoms with Crippen LogP contribution in [0.3, 0.4) is 0 Å². The molecule has 1 saturated carbocycles. The van der Waals surface area contributed by atoms with Gasteiger partial charge in [0.2, 0.25) is 0 Å². The summed E-state index contributed by atoms with van der Waals surface area (Å²) in [5.74, 6) is 1.74. The lowest BCUT2D eigenvalue weighted by Crippen LogP contribution is -2.29. The highest BCUT2D eigenvalue weighted by atomic mass is 16.8. The summed E-state index contributed by atoms with van der Waals surface area (Å²) >= 11 is 0. The fourth-order valence-electron chi connectivity index (χ4n) is 3.44. The van der Waals surface area contributed by atoms with Gasteiger partial charge in [-0.1, -0.05) is 12.2 Å². The molecule has 1 heterocycles. The Bertz CT molecular complexity index is 404. The molecule has 1 saturated heterocycles. The number of hydrogen-bond donors (Lipinski definition) is 0. The number of ether oxygens (including phenoxy) is 1. The van der Waals surface area contributed by atoms with Gasteiger partial charge in [-0.25, -0.2) is 4.79 Å². The fraction of sp³-hybridized carbons (Fsp3) is 0.733. The van der Waals surface area contributed by atoms with Gasteiger partial charge in [-0.05, 0) is 49.9 Å². The van der Waals surface area contributed by atoms with E-state index in [4.69, 9.17) is 9.57 Å². The van der Waals surface area contributed by atoms with Crippen LogP contribution in [0.4, 0.5) is 4.79 Å². The van der Waals surface area contributed by atoms with E-state index in [-0.39, 0.29) is 5.91 Å². The second-order valence-electron chi connectivity index (χ2n) is 5.87. The van der Waals surface area contributed by atoms with E-state index < -0.39 is 6.16 Å². The Labute approximate surface area is 118 Å². The average molecular weight is 279 g/mol. The quantitative estimate of drug-likeness (QED) is 0.588. The molecule has 0 unspecified atom stereocenters. The van der Waals surface area contributed by atoms with E-state index in [1.807, 2.05) is 0 Å². The summed E-state index contributed by atoms with van der Waals surface area (Å²) in [4.78, 5) is 27.8.